The normalized spacial score (nSPS) is 12.4. The van der Waals surface area contributed by atoms with E-state index in [4.69, 9.17) is 21.1 Å². The smallest absolute Gasteiger partial charge is 0.251 e. The highest BCUT2D eigenvalue weighted by Crippen LogP contribution is 2.38. The monoisotopic (exact) mass is 388 g/mol. The van der Waals surface area contributed by atoms with E-state index in [0.717, 1.165) is 11.1 Å². The van der Waals surface area contributed by atoms with E-state index in [0.29, 0.717) is 41.8 Å². The fourth-order valence-electron chi connectivity index (χ4n) is 2.84. The van der Waals surface area contributed by atoms with Gasteiger partial charge in [-0.1, -0.05) is 23.7 Å². The van der Waals surface area contributed by atoms with Crippen LogP contribution in [0.3, 0.4) is 0 Å². The summed E-state index contributed by atoms with van der Waals surface area (Å²) in [6.45, 7) is 1.38. The Morgan fingerprint density at radius 3 is 2.52 bits per heavy atom. The van der Waals surface area contributed by atoms with Crippen molar-refractivity contribution in [3.8, 4) is 11.5 Å². The zero-order valence-corrected chi connectivity index (χ0v) is 16.0. The van der Waals surface area contributed by atoms with Gasteiger partial charge in [-0.2, -0.15) is 0 Å². The maximum absolute atomic E-state index is 12.6. The van der Waals surface area contributed by atoms with E-state index < -0.39 is 0 Å². The largest absolute Gasteiger partial charge is 0.486 e. The average molecular weight is 389 g/mol. The summed E-state index contributed by atoms with van der Waals surface area (Å²) in [6, 6.07) is 10.7. The summed E-state index contributed by atoms with van der Waals surface area (Å²) in [6.07, 6.45) is 0.211. The lowest BCUT2D eigenvalue weighted by Crippen LogP contribution is -2.28. The van der Waals surface area contributed by atoms with Gasteiger partial charge in [0.25, 0.3) is 5.91 Å². The van der Waals surface area contributed by atoms with Crippen LogP contribution in [0.25, 0.3) is 0 Å². The average Bonchev–Trinajstić information content (AvgIpc) is 2.68. The van der Waals surface area contributed by atoms with Crippen LogP contribution in [0, 0.1) is 0 Å². The van der Waals surface area contributed by atoms with Crippen LogP contribution in [-0.2, 0) is 17.8 Å². The Hall–Kier alpha value is -2.73. The van der Waals surface area contributed by atoms with Crippen molar-refractivity contribution in [2.45, 2.75) is 13.0 Å². The van der Waals surface area contributed by atoms with Gasteiger partial charge < -0.3 is 19.7 Å². The number of nitrogens with one attached hydrogen (secondary N) is 1. The van der Waals surface area contributed by atoms with Crippen molar-refractivity contribution in [2.75, 3.05) is 27.3 Å². The van der Waals surface area contributed by atoms with Gasteiger partial charge >= 0.3 is 0 Å². The van der Waals surface area contributed by atoms with E-state index in [-0.39, 0.29) is 18.2 Å². The summed E-state index contributed by atoms with van der Waals surface area (Å²) in [5.74, 6) is 0.923. The molecular formula is C20H21ClN2O4. The van der Waals surface area contributed by atoms with Crippen molar-refractivity contribution in [2.24, 2.45) is 0 Å². The van der Waals surface area contributed by atoms with E-state index in [9.17, 15) is 9.59 Å². The number of nitrogens with zero attached hydrogens (tertiary/aromatic N) is 1. The molecule has 7 heteroatoms. The molecule has 0 bridgehead atoms. The van der Waals surface area contributed by atoms with E-state index in [1.165, 1.54) is 0 Å². The van der Waals surface area contributed by atoms with Crippen LogP contribution in [0.1, 0.15) is 21.5 Å². The third-order valence-electron chi connectivity index (χ3n) is 4.30. The molecule has 0 saturated heterocycles. The molecule has 1 aliphatic rings. The number of rotatable bonds is 5. The maximum Gasteiger partial charge on any atom is 0.251 e. The van der Waals surface area contributed by atoms with Crippen molar-refractivity contribution in [1.29, 1.82) is 0 Å². The third kappa shape index (κ3) is 4.52. The van der Waals surface area contributed by atoms with Gasteiger partial charge in [0, 0.05) is 26.2 Å². The molecular weight excluding hydrogens is 368 g/mol. The molecule has 0 radical (unpaired) electrons. The molecule has 6 nitrogen and oxygen atoms in total. The lowest BCUT2D eigenvalue weighted by molar-refractivity contribution is -0.129. The predicted molar refractivity (Wildman–Crippen MR) is 102 cm³/mol. The third-order valence-corrected chi connectivity index (χ3v) is 4.58. The number of hydrogen-bond donors (Lipinski definition) is 1. The van der Waals surface area contributed by atoms with Crippen LogP contribution in [0.4, 0.5) is 0 Å². The van der Waals surface area contributed by atoms with E-state index in [1.807, 2.05) is 12.1 Å². The highest BCUT2D eigenvalue weighted by atomic mass is 35.5. The molecule has 2 aromatic carbocycles. The van der Waals surface area contributed by atoms with E-state index in [2.05, 4.69) is 5.32 Å². The van der Waals surface area contributed by atoms with Crippen molar-refractivity contribution in [1.82, 2.24) is 10.2 Å². The van der Waals surface area contributed by atoms with Gasteiger partial charge in [0.2, 0.25) is 5.91 Å². The zero-order chi connectivity index (χ0) is 19.4. The Balaban J connectivity index is 1.64. The number of ether oxygens (including phenoxy) is 2. The summed E-state index contributed by atoms with van der Waals surface area (Å²) < 4.78 is 11.0. The summed E-state index contributed by atoms with van der Waals surface area (Å²) in [5, 5.41) is 3.03. The Kier molecular flexibility index (Phi) is 5.86. The summed E-state index contributed by atoms with van der Waals surface area (Å²) in [4.78, 5) is 25.8. The number of hydrogen-bond acceptors (Lipinski definition) is 4. The van der Waals surface area contributed by atoms with Gasteiger partial charge in [0.15, 0.2) is 11.5 Å². The molecule has 0 spiro atoms. The Morgan fingerprint density at radius 2 is 1.81 bits per heavy atom. The fraction of sp³-hybridized carbons (Fsp3) is 0.300. The molecule has 2 aromatic rings. The second-order valence-electron chi connectivity index (χ2n) is 6.30. The number of halogens is 1. The van der Waals surface area contributed by atoms with Crippen LogP contribution in [0.2, 0.25) is 5.02 Å². The van der Waals surface area contributed by atoms with Crippen LogP contribution in [0.15, 0.2) is 36.4 Å². The molecule has 2 amide bonds. The van der Waals surface area contributed by atoms with Crippen molar-refractivity contribution >= 4 is 23.4 Å². The Bertz CT molecular complexity index is 852. The van der Waals surface area contributed by atoms with Crippen molar-refractivity contribution in [3.05, 3.63) is 58.1 Å². The summed E-state index contributed by atoms with van der Waals surface area (Å²) >= 11 is 6.23. The van der Waals surface area contributed by atoms with Crippen LogP contribution >= 0.6 is 11.6 Å². The number of carbonyl (C=O) groups excluding carboxylic acids is 2. The zero-order valence-electron chi connectivity index (χ0n) is 15.3. The minimum absolute atomic E-state index is 0.0434. The summed E-state index contributed by atoms with van der Waals surface area (Å²) in [7, 11) is 3.33. The lowest BCUT2D eigenvalue weighted by Gasteiger charge is -2.21. The molecule has 0 saturated carbocycles. The lowest BCUT2D eigenvalue weighted by atomic mass is 10.1. The predicted octanol–water partition coefficient (Wildman–Crippen LogP) is 2.67. The molecule has 1 heterocycles. The van der Waals surface area contributed by atoms with Crippen molar-refractivity contribution in [3.63, 3.8) is 0 Å². The van der Waals surface area contributed by atoms with Crippen LogP contribution in [0.5, 0.6) is 11.5 Å². The van der Waals surface area contributed by atoms with Crippen LogP contribution in [-0.4, -0.2) is 44.0 Å². The molecule has 3 rings (SSSR count). The maximum atomic E-state index is 12.6. The highest BCUT2D eigenvalue weighted by molar-refractivity contribution is 6.32. The number of likely N-dealkylation sites (N-methyl/N-ethyl adjacent to an activating group) is 1. The van der Waals surface area contributed by atoms with E-state index >= 15 is 0 Å². The van der Waals surface area contributed by atoms with E-state index in [1.54, 1.807) is 43.3 Å². The number of carbonyl (C=O) groups is 2. The second-order valence-corrected chi connectivity index (χ2v) is 6.71. The standard InChI is InChI=1S/C20H21ClN2O4/c1-22-20(25)15-5-3-13(4-6-15)12-23(2)18(24)11-14-9-16(21)19-17(10-14)26-7-8-27-19/h3-6,9-10H,7-8,11-12H2,1-2H3,(H,22,25). The first-order chi connectivity index (χ1) is 13.0. The number of amides is 2. The molecule has 0 aliphatic carbocycles. The number of benzene rings is 2. The fourth-order valence-corrected chi connectivity index (χ4v) is 3.13. The van der Waals surface area contributed by atoms with Gasteiger partial charge in [-0.05, 0) is 35.4 Å². The van der Waals surface area contributed by atoms with Gasteiger partial charge in [-0.3, -0.25) is 9.59 Å². The molecule has 0 aromatic heterocycles. The van der Waals surface area contributed by atoms with Crippen LogP contribution < -0.4 is 14.8 Å². The van der Waals surface area contributed by atoms with Crippen molar-refractivity contribution < 1.29 is 19.1 Å². The van der Waals surface area contributed by atoms with Gasteiger partial charge in [-0.15, -0.1) is 0 Å². The molecule has 1 N–H and O–H groups in total. The second kappa shape index (κ2) is 8.31. The SMILES string of the molecule is CNC(=O)c1ccc(CN(C)C(=O)Cc2cc(Cl)c3c(c2)OCCO3)cc1. The molecule has 0 atom stereocenters. The molecule has 1 aliphatic heterocycles. The molecule has 0 unspecified atom stereocenters. The minimum atomic E-state index is -0.138. The Morgan fingerprint density at radius 1 is 1.11 bits per heavy atom. The Labute approximate surface area is 163 Å². The first-order valence-electron chi connectivity index (χ1n) is 8.61. The van der Waals surface area contributed by atoms with Gasteiger partial charge in [-0.25, -0.2) is 0 Å². The first kappa shape index (κ1) is 19.0. The highest BCUT2D eigenvalue weighted by Gasteiger charge is 2.19. The molecule has 27 heavy (non-hydrogen) atoms. The van der Waals surface area contributed by atoms with Gasteiger partial charge in [0.1, 0.15) is 13.2 Å². The quantitative estimate of drug-likeness (QED) is 0.855. The topological polar surface area (TPSA) is 67.9 Å². The van der Waals surface area contributed by atoms with Gasteiger partial charge in [0.05, 0.1) is 11.4 Å². The number of fused-ring (bicyclic) bond motifs is 1. The molecule has 142 valence electrons. The first-order valence-corrected chi connectivity index (χ1v) is 8.98. The summed E-state index contributed by atoms with van der Waals surface area (Å²) in [5.41, 5.74) is 2.30. The molecule has 0 fully saturated rings. The minimum Gasteiger partial charge on any atom is -0.486 e.